The van der Waals surface area contributed by atoms with E-state index in [2.05, 4.69) is 188 Å². The van der Waals surface area contributed by atoms with Crippen LogP contribution in [0.2, 0.25) is 0 Å². The number of carbonyl (C=O) groups is 5. The van der Waals surface area contributed by atoms with Crippen LogP contribution in [0.3, 0.4) is 0 Å². The first-order valence-corrected chi connectivity index (χ1v) is 47.1. The summed E-state index contributed by atoms with van der Waals surface area (Å²) < 4.78 is 12.4. The van der Waals surface area contributed by atoms with Gasteiger partial charge in [-0.25, -0.2) is 0 Å². The quantitative estimate of drug-likeness (QED) is 0.0175. The van der Waals surface area contributed by atoms with Crippen LogP contribution >= 0.6 is 0 Å². The van der Waals surface area contributed by atoms with Crippen LogP contribution < -0.4 is 46.3 Å². The van der Waals surface area contributed by atoms with Crippen LogP contribution in [0.25, 0.3) is 22.3 Å². The number of nitrogens with one attached hydrogen (secondary N) is 6. The molecule has 9 N–H and O–H groups in total. The Labute approximate surface area is 765 Å². The van der Waals surface area contributed by atoms with Crippen molar-refractivity contribution >= 4 is 35.2 Å². The number of hydrogen-bond acceptors (Lipinski definition) is 18. The van der Waals surface area contributed by atoms with Gasteiger partial charge in [-0.15, -0.1) is 0 Å². The van der Waals surface area contributed by atoms with Crippen molar-refractivity contribution in [3.05, 3.63) is 172 Å². The molecule has 23 heteroatoms. The number of aliphatic hydroxyl groups is 3. The van der Waals surface area contributed by atoms with Gasteiger partial charge in [-0.05, 0) is 228 Å². The Morgan fingerprint density at radius 3 is 1.34 bits per heavy atom. The van der Waals surface area contributed by atoms with Gasteiger partial charge in [-0.1, -0.05) is 194 Å². The van der Waals surface area contributed by atoms with Crippen molar-refractivity contribution in [2.45, 2.75) is 248 Å². The highest BCUT2D eigenvalue weighted by molar-refractivity contribution is 6.02. The van der Waals surface area contributed by atoms with E-state index in [1.807, 2.05) is 120 Å². The average Bonchev–Trinajstić information content (AvgIpc) is 0.860. The number of likely N-dealkylation sites (N-methyl/N-ethyl adjacent to an activating group) is 2. The minimum atomic E-state index is -0.942. The number of methoxy groups -OCH3 is 2. The Bertz CT molecular complexity index is 4640. The number of fused-ring (bicyclic) bond motifs is 4. The Morgan fingerprint density at radius 2 is 0.945 bits per heavy atom. The number of hydroxylamine groups is 4. The fourth-order valence-electron chi connectivity index (χ4n) is 22.3. The van der Waals surface area contributed by atoms with Crippen molar-refractivity contribution in [1.29, 1.82) is 0 Å². The summed E-state index contributed by atoms with van der Waals surface area (Å²) >= 11 is 0. The normalized spacial score (nSPS) is 25.3. The van der Waals surface area contributed by atoms with Crippen molar-refractivity contribution in [3.63, 3.8) is 0 Å². The highest BCUT2D eigenvalue weighted by Gasteiger charge is 2.60. The van der Waals surface area contributed by atoms with Gasteiger partial charge in [0.05, 0.1) is 46.6 Å². The van der Waals surface area contributed by atoms with Gasteiger partial charge in [0.15, 0.2) is 0 Å². The molecule has 0 spiro atoms. The molecular formula is C105H155N11O12. The largest absolute Gasteiger partial charge is 0.496 e. The summed E-state index contributed by atoms with van der Waals surface area (Å²) in [6.45, 7) is 36.7. The SMILES string of the molecule is COc1c(CN2O[C@@H](CO)[C@@H]([C@H](C)NCCc3ccccc3)[C@H]2C(=O)N[C@H]2C[C@H]3C[C@@H]([C@@H]2C)C3(C)C)cccc1-c1cc(C(=O)N[C@@H](Cc2ccccc2)CC(C)C)cc(N(C)C)c1.COc1c(CN2O[C@@H](CO)[C@H]([C@H](C)O)[C@H]2C(=O)N[C@H]2C[C@H]3C[C@@H]([C@@H]2C)C3(C)C)cccc1-c1cc(C(=O)N[C@H](CN(C)C)CC(C)(C)C)cc(C(=O)N[C@H](CN(C)C)CC(C)(C)C)c1. The maximum Gasteiger partial charge on any atom is 0.251 e. The molecular weight excluding hydrogens is 1610 g/mol. The maximum absolute atomic E-state index is 14.9. The standard InChI is InChI=1S/C54H73N5O5.C51H82N6O7/c1-34(2)25-43(26-38-19-14-11-15-20-38)56-52(61)41-27-40(28-44(29-41)58(7)8)45-22-16-21-39(51(45)63-9)32-59-50(53(62)57-47-31-42-30-46(35(47)3)54(42,5)6)49(48(33-60)64-59)36(4)55-24-23-37-17-12-10-13-18-37;1-30-40-22-36(51(40,9)10)23-41(30)54-48(62)44-43(31(2)59)42(29-58)64-57(44)26-32-17-16-18-39(45(32)63-15)33-19-34(46(60)52-37(27-55(11)12)24-49(3,4)5)21-35(20-33)47(61)53-38(28-56(13)14)25-50(6,7)8/h10-22,27-29,34-36,42-43,46-50,55,60H,23-26,30-33H2,1-9H3,(H,56,61)(H,57,62);16-21,30-31,36-38,40-44,58-59H,22-29H2,1-15H3,(H,52,60)(H,53,61)(H,54,62)/t35-,36-,42+,43+,46-,47-,48-,49+,50-;30-,31-,36+,37-,38-,40-,41-,42-,43-,44-/m00/s1. The third-order valence-electron chi connectivity index (χ3n) is 28.9. The first-order chi connectivity index (χ1) is 60.4. The molecule has 6 aromatic carbocycles. The van der Waals surface area contributed by atoms with Crippen molar-refractivity contribution in [2.24, 2.45) is 74.9 Å². The number of nitrogens with zero attached hydrogens (tertiary/aromatic N) is 5. The van der Waals surface area contributed by atoms with E-state index in [4.69, 9.17) is 19.1 Å². The van der Waals surface area contributed by atoms with E-state index >= 15 is 0 Å². The second-order valence-corrected chi connectivity index (χ2v) is 43.0. The number of amides is 5. The number of hydrogen-bond donors (Lipinski definition) is 9. The summed E-state index contributed by atoms with van der Waals surface area (Å²) in [7, 11) is 15.1. The lowest BCUT2D eigenvalue weighted by molar-refractivity contribution is -0.183. The fourth-order valence-corrected chi connectivity index (χ4v) is 22.3. The third kappa shape index (κ3) is 24.5. The van der Waals surface area contributed by atoms with Crippen LogP contribution in [0.4, 0.5) is 5.69 Å². The molecule has 8 aliphatic rings. The summed E-state index contributed by atoms with van der Waals surface area (Å²) in [5.74, 6) is 2.41. The fraction of sp³-hybridized carbons (Fsp3) is 0.610. The molecule has 2 aliphatic heterocycles. The van der Waals surface area contributed by atoms with Crippen LogP contribution in [-0.4, -0.2) is 221 Å². The van der Waals surface area contributed by atoms with Crippen molar-refractivity contribution < 1.29 is 58.4 Å². The Balaban J connectivity index is 0.000000248. The number of benzene rings is 6. The van der Waals surface area contributed by atoms with Crippen LogP contribution in [0.15, 0.2) is 133 Å². The summed E-state index contributed by atoms with van der Waals surface area (Å²) in [5, 5.41) is 56.3. The monoisotopic (exact) mass is 1760 g/mol. The maximum atomic E-state index is 14.9. The van der Waals surface area contributed by atoms with Crippen LogP contribution in [0.1, 0.15) is 209 Å². The van der Waals surface area contributed by atoms with E-state index < -0.39 is 36.3 Å². The minimum absolute atomic E-state index is 0.000865. The van der Waals surface area contributed by atoms with Crippen molar-refractivity contribution in [3.8, 4) is 33.8 Å². The number of ether oxygens (including phenoxy) is 2. The molecule has 0 radical (unpaired) electrons. The topological polar surface area (TPSA) is 271 Å². The Kier molecular flexibility index (Phi) is 33.6. The smallest absolute Gasteiger partial charge is 0.251 e. The van der Waals surface area contributed by atoms with E-state index in [1.54, 1.807) is 49.5 Å². The molecule has 2 heterocycles. The molecule has 4 bridgehead atoms. The highest BCUT2D eigenvalue weighted by Crippen LogP contribution is 2.62. The van der Waals surface area contributed by atoms with Gasteiger partial charge in [0.25, 0.3) is 17.7 Å². The van der Waals surface area contributed by atoms with Crippen molar-refractivity contribution in [1.82, 2.24) is 51.8 Å². The van der Waals surface area contributed by atoms with E-state index in [0.29, 0.717) is 105 Å². The molecule has 5 amide bonds. The van der Waals surface area contributed by atoms with Crippen LogP contribution in [0, 0.1) is 74.9 Å². The zero-order valence-corrected chi connectivity index (χ0v) is 81.3. The molecule has 14 rings (SSSR count). The molecule has 702 valence electrons. The molecule has 0 unspecified atom stereocenters. The zero-order chi connectivity index (χ0) is 93.3. The molecule has 6 aromatic rings. The van der Waals surface area contributed by atoms with Crippen LogP contribution in [0.5, 0.6) is 11.5 Å². The van der Waals surface area contributed by atoms with Gasteiger partial charge in [-0.3, -0.25) is 33.6 Å². The lowest BCUT2D eigenvalue weighted by Crippen LogP contribution is -2.62. The second-order valence-electron chi connectivity index (χ2n) is 43.0. The van der Waals surface area contributed by atoms with Gasteiger partial charge in [0.1, 0.15) is 35.8 Å². The van der Waals surface area contributed by atoms with Gasteiger partial charge in [0.2, 0.25) is 11.8 Å². The lowest BCUT2D eigenvalue weighted by atomic mass is 9.45. The molecule has 19 atom stereocenters. The molecule has 2 saturated heterocycles. The van der Waals surface area contributed by atoms with E-state index in [0.717, 1.165) is 73.9 Å². The summed E-state index contributed by atoms with van der Waals surface area (Å²) in [6.07, 6.45) is 5.88. The first kappa shape index (κ1) is 100. The number of para-hydroxylation sites is 2. The van der Waals surface area contributed by atoms with E-state index in [-0.39, 0.29) is 114 Å². The summed E-state index contributed by atoms with van der Waals surface area (Å²) in [6, 6.07) is 41.7. The first-order valence-electron chi connectivity index (χ1n) is 47.1. The Morgan fingerprint density at radius 1 is 0.531 bits per heavy atom. The highest BCUT2D eigenvalue weighted by atomic mass is 16.7. The predicted octanol–water partition coefficient (Wildman–Crippen LogP) is 14.5. The average molecular weight is 1760 g/mol. The number of aliphatic hydroxyl groups excluding tert-OH is 3. The van der Waals surface area contributed by atoms with Gasteiger partial charge in [-0.2, -0.15) is 10.1 Å². The van der Waals surface area contributed by atoms with Gasteiger partial charge < -0.3 is 71.4 Å². The summed E-state index contributed by atoms with van der Waals surface area (Å²) in [4.78, 5) is 91.3. The molecule has 6 saturated carbocycles. The second kappa shape index (κ2) is 42.9. The molecule has 23 nitrogen and oxygen atoms in total. The predicted molar refractivity (Wildman–Crippen MR) is 511 cm³/mol. The molecule has 128 heavy (non-hydrogen) atoms. The summed E-state index contributed by atoms with van der Waals surface area (Å²) in [5.41, 5.74) is 9.46. The van der Waals surface area contributed by atoms with E-state index in [9.17, 15) is 39.3 Å². The van der Waals surface area contributed by atoms with Crippen LogP contribution in [-0.2, 0) is 45.2 Å². The molecule has 6 aliphatic carbocycles. The third-order valence-corrected chi connectivity index (χ3v) is 28.9. The van der Waals surface area contributed by atoms with Gasteiger partial charge >= 0.3 is 0 Å². The van der Waals surface area contributed by atoms with E-state index in [1.165, 1.54) is 24.0 Å². The zero-order valence-electron chi connectivity index (χ0n) is 81.3. The van der Waals surface area contributed by atoms with Gasteiger partial charge in [0, 0.05) is 120 Å². The number of carbonyl (C=O) groups excluding carboxylic acids is 5. The number of anilines is 1. The minimum Gasteiger partial charge on any atom is -0.496 e. The lowest BCUT2D eigenvalue weighted by Gasteiger charge is -2.62. The molecule has 0 aromatic heterocycles. The molecule has 8 fully saturated rings. The number of rotatable bonds is 37. The Hall–Kier alpha value is -8.33. The van der Waals surface area contributed by atoms with Crippen molar-refractivity contribution in [2.75, 3.05) is 94.3 Å².